The molecule has 31 heavy (non-hydrogen) atoms. The van der Waals surface area contributed by atoms with Crippen molar-refractivity contribution >= 4 is 41.5 Å². The molecule has 2 rings (SSSR count). The first kappa shape index (κ1) is 26.7. The fourth-order valence-corrected chi connectivity index (χ4v) is 3.07. The summed E-state index contributed by atoms with van der Waals surface area (Å²) in [7, 11) is 5.31. The molecule has 0 heterocycles. The van der Waals surface area contributed by atoms with Gasteiger partial charge in [-0.1, -0.05) is 44.2 Å². The normalized spacial score (nSPS) is 12.0. The molecule has 7 heteroatoms. The van der Waals surface area contributed by atoms with Crippen molar-refractivity contribution in [1.29, 1.82) is 0 Å². The first-order valence-electron chi connectivity index (χ1n) is 10.5. The summed E-state index contributed by atoms with van der Waals surface area (Å²) in [4.78, 5) is 18.1. The van der Waals surface area contributed by atoms with Crippen LogP contribution in [0.4, 0.5) is 5.69 Å². The fourth-order valence-electron chi connectivity index (χ4n) is 3.07. The Balaban J connectivity index is 0.00000480. The Labute approximate surface area is 203 Å². The van der Waals surface area contributed by atoms with Gasteiger partial charge in [0, 0.05) is 51.5 Å². The SMILES string of the molecule is CN=C(NCCc1cccc(C(=O)N(C)C)c1)NCC(Nc1ccccc1)C(C)C.I. The van der Waals surface area contributed by atoms with E-state index in [0.29, 0.717) is 11.5 Å². The molecule has 1 amide bonds. The number of carbonyl (C=O) groups excluding carboxylic acids is 1. The highest BCUT2D eigenvalue weighted by molar-refractivity contribution is 14.0. The molecule has 0 aliphatic carbocycles. The van der Waals surface area contributed by atoms with Crippen molar-refractivity contribution in [2.75, 3.05) is 39.5 Å². The summed E-state index contributed by atoms with van der Waals surface area (Å²) in [5.74, 6) is 1.26. The molecule has 0 fully saturated rings. The number of benzene rings is 2. The van der Waals surface area contributed by atoms with Crippen LogP contribution in [-0.2, 0) is 6.42 Å². The lowest BCUT2D eigenvalue weighted by Gasteiger charge is -2.25. The molecular weight excluding hydrogens is 501 g/mol. The molecule has 1 unspecified atom stereocenters. The first-order valence-corrected chi connectivity index (χ1v) is 10.5. The maximum atomic E-state index is 12.1. The van der Waals surface area contributed by atoms with Crippen LogP contribution in [0, 0.1) is 5.92 Å². The first-order chi connectivity index (χ1) is 14.4. The lowest BCUT2D eigenvalue weighted by Crippen LogP contribution is -2.45. The van der Waals surface area contributed by atoms with Gasteiger partial charge in [-0.25, -0.2) is 0 Å². The van der Waals surface area contributed by atoms with Gasteiger partial charge in [0.2, 0.25) is 0 Å². The second kappa shape index (κ2) is 13.9. The number of nitrogens with zero attached hydrogens (tertiary/aromatic N) is 2. The number of rotatable bonds is 9. The van der Waals surface area contributed by atoms with Crippen LogP contribution in [0.2, 0.25) is 0 Å². The van der Waals surface area contributed by atoms with Gasteiger partial charge in [-0.15, -0.1) is 24.0 Å². The minimum Gasteiger partial charge on any atom is -0.380 e. The van der Waals surface area contributed by atoms with Crippen molar-refractivity contribution in [2.24, 2.45) is 10.9 Å². The van der Waals surface area contributed by atoms with E-state index in [1.54, 1.807) is 26.0 Å². The fraction of sp³-hybridized carbons (Fsp3) is 0.417. The van der Waals surface area contributed by atoms with Crippen LogP contribution in [0.5, 0.6) is 0 Å². The number of hydrogen-bond acceptors (Lipinski definition) is 3. The van der Waals surface area contributed by atoms with Crippen molar-refractivity contribution < 1.29 is 4.79 Å². The second-order valence-corrected chi connectivity index (χ2v) is 7.89. The Morgan fingerprint density at radius 3 is 2.35 bits per heavy atom. The number of guanidine groups is 1. The van der Waals surface area contributed by atoms with Crippen LogP contribution in [0.1, 0.15) is 29.8 Å². The zero-order valence-corrected chi connectivity index (χ0v) is 21.5. The number of para-hydroxylation sites is 1. The van der Waals surface area contributed by atoms with Gasteiger partial charge in [-0.2, -0.15) is 0 Å². The number of carbonyl (C=O) groups is 1. The van der Waals surface area contributed by atoms with Gasteiger partial charge in [-0.3, -0.25) is 9.79 Å². The van der Waals surface area contributed by atoms with Crippen LogP contribution < -0.4 is 16.0 Å². The standard InChI is InChI=1S/C24H35N5O.HI/c1-18(2)22(28-21-12-7-6-8-13-21)17-27-24(25-3)26-15-14-19-10-9-11-20(16-19)23(30)29(4)5;/h6-13,16,18,22,28H,14-15,17H2,1-5H3,(H2,25,26,27);1H. The Bertz CT molecular complexity index is 824. The maximum absolute atomic E-state index is 12.1. The van der Waals surface area contributed by atoms with Gasteiger partial charge in [0.25, 0.3) is 5.91 Å². The Morgan fingerprint density at radius 2 is 1.74 bits per heavy atom. The molecule has 0 saturated heterocycles. The molecule has 0 radical (unpaired) electrons. The quantitative estimate of drug-likeness (QED) is 0.258. The van der Waals surface area contributed by atoms with Crippen LogP contribution in [0.15, 0.2) is 59.6 Å². The summed E-state index contributed by atoms with van der Waals surface area (Å²) in [6.45, 7) is 5.91. The number of aliphatic imine (C=N–C) groups is 1. The predicted octanol–water partition coefficient (Wildman–Crippen LogP) is 3.85. The summed E-state index contributed by atoms with van der Waals surface area (Å²) in [5, 5.41) is 10.4. The van der Waals surface area contributed by atoms with E-state index in [4.69, 9.17) is 0 Å². The largest absolute Gasteiger partial charge is 0.380 e. The molecule has 3 N–H and O–H groups in total. The van der Waals surface area contributed by atoms with Crippen molar-refractivity contribution in [3.63, 3.8) is 0 Å². The summed E-state index contributed by atoms with van der Waals surface area (Å²) in [6, 6.07) is 18.3. The van der Waals surface area contributed by atoms with Crippen molar-refractivity contribution in [3.05, 3.63) is 65.7 Å². The van der Waals surface area contributed by atoms with Crippen molar-refractivity contribution in [3.8, 4) is 0 Å². The Morgan fingerprint density at radius 1 is 1.03 bits per heavy atom. The molecule has 0 aromatic heterocycles. The molecule has 0 aliphatic rings. The molecule has 2 aromatic rings. The van der Waals surface area contributed by atoms with Gasteiger partial charge in [0.15, 0.2) is 5.96 Å². The molecule has 6 nitrogen and oxygen atoms in total. The molecule has 0 spiro atoms. The molecule has 2 aromatic carbocycles. The average Bonchev–Trinajstić information content (AvgIpc) is 2.75. The van der Waals surface area contributed by atoms with Crippen LogP contribution in [-0.4, -0.2) is 57.0 Å². The summed E-state index contributed by atoms with van der Waals surface area (Å²) < 4.78 is 0. The summed E-state index contributed by atoms with van der Waals surface area (Å²) in [6.07, 6.45) is 0.811. The lowest BCUT2D eigenvalue weighted by molar-refractivity contribution is 0.0827. The molecule has 170 valence electrons. The van der Waals surface area contributed by atoms with E-state index in [1.807, 2.05) is 42.5 Å². The smallest absolute Gasteiger partial charge is 0.253 e. The highest BCUT2D eigenvalue weighted by Crippen LogP contribution is 2.12. The van der Waals surface area contributed by atoms with E-state index in [0.717, 1.165) is 36.7 Å². The van der Waals surface area contributed by atoms with Gasteiger partial charge < -0.3 is 20.9 Å². The van der Waals surface area contributed by atoms with E-state index in [9.17, 15) is 4.79 Å². The zero-order chi connectivity index (χ0) is 21.9. The molecule has 1 atom stereocenters. The van der Waals surface area contributed by atoms with Crippen LogP contribution in [0.3, 0.4) is 0 Å². The topological polar surface area (TPSA) is 68.8 Å². The van der Waals surface area contributed by atoms with Gasteiger partial charge >= 0.3 is 0 Å². The molecule has 0 aliphatic heterocycles. The summed E-state index contributed by atoms with van der Waals surface area (Å²) in [5.41, 5.74) is 2.95. The summed E-state index contributed by atoms with van der Waals surface area (Å²) >= 11 is 0. The zero-order valence-electron chi connectivity index (χ0n) is 19.2. The van der Waals surface area contributed by atoms with Gasteiger partial charge in [-0.05, 0) is 42.2 Å². The number of anilines is 1. The number of halogens is 1. The Kier molecular flexibility index (Phi) is 12.0. The maximum Gasteiger partial charge on any atom is 0.253 e. The highest BCUT2D eigenvalue weighted by atomic mass is 127. The van der Waals surface area contributed by atoms with Crippen molar-refractivity contribution in [2.45, 2.75) is 26.3 Å². The highest BCUT2D eigenvalue weighted by Gasteiger charge is 2.14. The van der Waals surface area contributed by atoms with E-state index in [2.05, 4.69) is 46.9 Å². The molecular formula is C24H36IN5O. The van der Waals surface area contributed by atoms with Gasteiger partial charge in [0.05, 0.1) is 0 Å². The number of nitrogens with one attached hydrogen (secondary N) is 3. The minimum absolute atomic E-state index is 0. The third-order valence-corrected chi connectivity index (χ3v) is 4.93. The van der Waals surface area contributed by atoms with Crippen molar-refractivity contribution in [1.82, 2.24) is 15.5 Å². The second-order valence-electron chi connectivity index (χ2n) is 7.89. The van der Waals surface area contributed by atoms with Gasteiger partial charge in [0.1, 0.15) is 0 Å². The molecule has 0 saturated carbocycles. The average molecular weight is 537 g/mol. The van der Waals surface area contributed by atoms with E-state index in [1.165, 1.54) is 0 Å². The minimum atomic E-state index is 0. The third kappa shape index (κ3) is 9.16. The Hall–Kier alpha value is -2.29. The number of amides is 1. The number of hydrogen-bond donors (Lipinski definition) is 3. The predicted molar refractivity (Wildman–Crippen MR) is 142 cm³/mol. The van der Waals surface area contributed by atoms with Crippen LogP contribution >= 0.6 is 24.0 Å². The van der Waals surface area contributed by atoms with E-state index >= 15 is 0 Å². The molecule has 0 bridgehead atoms. The lowest BCUT2D eigenvalue weighted by atomic mass is 10.0. The van der Waals surface area contributed by atoms with Crippen LogP contribution in [0.25, 0.3) is 0 Å². The van der Waals surface area contributed by atoms with E-state index in [-0.39, 0.29) is 35.9 Å². The monoisotopic (exact) mass is 537 g/mol. The third-order valence-electron chi connectivity index (χ3n) is 4.93. The van der Waals surface area contributed by atoms with E-state index < -0.39 is 0 Å².